The number of benzene rings is 2. The number of methoxy groups -OCH3 is 1. The van der Waals surface area contributed by atoms with Gasteiger partial charge in [-0.05, 0) is 48.5 Å². The third-order valence-corrected chi connectivity index (χ3v) is 3.77. The van der Waals surface area contributed by atoms with Crippen LogP contribution in [0, 0.1) is 0 Å². The maximum atomic E-state index is 12.6. The van der Waals surface area contributed by atoms with Gasteiger partial charge in [-0.15, -0.1) is 0 Å². The molecule has 1 heterocycles. The molecule has 0 aliphatic carbocycles. The molecule has 1 amide bonds. The number of amides is 1. The van der Waals surface area contributed by atoms with E-state index >= 15 is 0 Å². The summed E-state index contributed by atoms with van der Waals surface area (Å²) in [5.41, 5.74) is 1.80. The summed E-state index contributed by atoms with van der Waals surface area (Å²) in [5, 5.41) is 6.59. The standard InChI is InChI=1S/C19H16ClN3O2/c1-25-17-7-3-2-6-16(17)23-18-15(5-4-12-21-18)19(24)22-14-10-8-13(20)9-11-14/h2-12H,1H3,(H,21,23)(H,22,24). The van der Waals surface area contributed by atoms with Crippen molar-refractivity contribution >= 4 is 34.7 Å². The monoisotopic (exact) mass is 353 g/mol. The van der Waals surface area contributed by atoms with Crippen LogP contribution in [0.2, 0.25) is 5.02 Å². The van der Waals surface area contributed by atoms with E-state index in [0.29, 0.717) is 27.8 Å². The molecular formula is C19H16ClN3O2. The lowest BCUT2D eigenvalue weighted by Gasteiger charge is -2.13. The van der Waals surface area contributed by atoms with Crippen molar-refractivity contribution in [1.29, 1.82) is 0 Å². The molecule has 0 bridgehead atoms. The number of hydrogen-bond acceptors (Lipinski definition) is 4. The third kappa shape index (κ3) is 4.08. The van der Waals surface area contributed by atoms with Crippen LogP contribution < -0.4 is 15.4 Å². The number of nitrogens with one attached hydrogen (secondary N) is 2. The number of nitrogens with zero attached hydrogens (tertiary/aromatic N) is 1. The van der Waals surface area contributed by atoms with Gasteiger partial charge in [0.15, 0.2) is 0 Å². The molecule has 0 aliphatic rings. The molecule has 3 rings (SSSR count). The molecule has 2 N–H and O–H groups in total. The Morgan fingerprint density at radius 1 is 1.04 bits per heavy atom. The van der Waals surface area contributed by atoms with Gasteiger partial charge in [0.05, 0.1) is 18.4 Å². The minimum absolute atomic E-state index is 0.271. The fourth-order valence-corrected chi connectivity index (χ4v) is 2.42. The van der Waals surface area contributed by atoms with Gasteiger partial charge in [0.1, 0.15) is 11.6 Å². The molecule has 0 radical (unpaired) electrons. The topological polar surface area (TPSA) is 63.2 Å². The molecule has 25 heavy (non-hydrogen) atoms. The summed E-state index contributed by atoms with van der Waals surface area (Å²) < 4.78 is 5.32. The molecule has 0 saturated heterocycles. The van der Waals surface area contributed by atoms with Crippen LogP contribution in [0.4, 0.5) is 17.2 Å². The lowest BCUT2D eigenvalue weighted by atomic mass is 10.2. The van der Waals surface area contributed by atoms with E-state index in [1.807, 2.05) is 24.3 Å². The maximum absolute atomic E-state index is 12.6. The van der Waals surface area contributed by atoms with Crippen molar-refractivity contribution in [3.8, 4) is 5.75 Å². The Labute approximate surface area is 150 Å². The van der Waals surface area contributed by atoms with E-state index in [-0.39, 0.29) is 5.91 Å². The smallest absolute Gasteiger partial charge is 0.259 e. The first-order chi connectivity index (χ1) is 12.2. The van der Waals surface area contributed by atoms with E-state index < -0.39 is 0 Å². The summed E-state index contributed by atoms with van der Waals surface area (Å²) in [7, 11) is 1.59. The number of aromatic nitrogens is 1. The van der Waals surface area contributed by atoms with Crippen LogP contribution in [0.1, 0.15) is 10.4 Å². The molecule has 6 heteroatoms. The summed E-state index contributed by atoms with van der Waals surface area (Å²) in [6.07, 6.45) is 1.62. The van der Waals surface area contributed by atoms with Crippen molar-refractivity contribution in [2.45, 2.75) is 0 Å². The van der Waals surface area contributed by atoms with E-state index in [1.165, 1.54) is 0 Å². The summed E-state index contributed by atoms with van der Waals surface area (Å²) >= 11 is 5.86. The predicted molar refractivity (Wildman–Crippen MR) is 99.9 cm³/mol. The Hall–Kier alpha value is -3.05. The normalized spacial score (nSPS) is 10.2. The molecule has 0 saturated carbocycles. The number of hydrogen-bond donors (Lipinski definition) is 2. The van der Waals surface area contributed by atoms with Gasteiger partial charge in [-0.3, -0.25) is 4.79 Å². The lowest BCUT2D eigenvalue weighted by molar-refractivity contribution is 0.102. The first-order valence-electron chi connectivity index (χ1n) is 7.59. The average Bonchev–Trinajstić information content (AvgIpc) is 2.64. The van der Waals surface area contributed by atoms with Gasteiger partial charge in [0.25, 0.3) is 5.91 Å². The van der Waals surface area contributed by atoms with Gasteiger partial charge < -0.3 is 15.4 Å². The van der Waals surface area contributed by atoms with Crippen molar-refractivity contribution in [3.63, 3.8) is 0 Å². The van der Waals surface area contributed by atoms with Crippen LogP contribution >= 0.6 is 11.6 Å². The van der Waals surface area contributed by atoms with Gasteiger partial charge >= 0.3 is 0 Å². The zero-order valence-electron chi connectivity index (χ0n) is 13.5. The van der Waals surface area contributed by atoms with Gasteiger partial charge in [0.2, 0.25) is 0 Å². The van der Waals surface area contributed by atoms with Crippen molar-refractivity contribution in [2.75, 3.05) is 17.7 Å². The highest BCUT2D eigenvalue weighted by atomic mass is 35.5. The van der Waals surface area contributed by atoms with Crippen molar-refractivity contribution in [2.24, 2.45) is 0 Å². The lowest BCUT2D eigenvalue weighted by Crippen LogP contribution is -2.14. The Morgan fingerprint density at radius 3 is 2.56 bits per heavy atom. The second-order valence-electron chi connectivity index (χ2n) is 5.19. The van der Waals surface area contributed by atoms with Gasteiger partial charge in [-0.1, -0.05) is 23.7 Å². The number of carbonyl (C=O) groups is 1. The highest BCUT2D eigenvalue weighted by Gasteiger charge is 2.14. The molecule has 126 valence electrons. The molecular weight excluding hydrogens is 338 g/mol. The number of ether oxygens (including phenoxy) is 1. The minimum Gasteiger partial charge on any atom is -0.495 e. The largest absolute Gasteiger partial charge is 0.495 e. The van der Waals surface area contributed by atoms with E-state index in [2.05, 4.69) is 15.6 Å². The number of para-hydroxylation sites is 2. The molecule has 2 aromatic carbocycles. The molecule has 0 aliphatic heterocycles. The van der Waals surface area contributed by atoms with Crippen LogP contribution in [0.3, 0.4) is 0 Å². The van der Waals surface area contributed by atoms with Crippen LogP contribution in [-0.2, 0) is 0 Å². The molecule has 1 aromatic heterocycles. The Bertz CT molecular complexity index is 882. The zero-order chi connectivity index (χ0) is 17.6. The van der Waals surface area contributed by atoms with Gasteiger partial charge in [-0.2, -0.15) is 0 Å². The Morgan fingerprint density at radius 2 is 1.80 bits per heavy atom. The molecule has 0 spiro atoms. The van der Waals surface area contributed by atoms with Gasteiger partial charge in [-0.25, -0.2) is 4.98 Å². The fraction of sp³-hybridized carbons (Fsp3) is 0.0526. The van der Waals surface area contributed by atoms with E-state index in [0.717, 1.165) is 5.69 Å². The maximum Gasteiger partial charge on any atom is 0.259 e. The van der Waals surface area contributed by atoms with Crippen LogP contribution in [0.25, 0.3) is 0 Å². The van der Waals surface area contributed by atoms with Crippen LogP contribution in [0.5, 0.6) is 5.75 Å². The number of pyridine rings is 1. The first-order valence-corrected chi connectivity index (χ1v) is 7.97. The third-order valence-electron chi connectivity index (χ3n) is 3.51. The van der Waals surface area contributed by atoms with E-state index in [1.54, 1.807) is 49.7 Å². The second-order valence-corrected chi connectivity index (χ2v) is 5.62. The SMILES string of the molecule is COc1ccccc1Nc1ncccc1C(=O)Nc1ccc(Cl)cc1. The number of rotatable bonds is 5. The summed E-state index contributed by atoms with van der Waals surface area (Å²) in [6, 6.07) is 17.8. The quantitative estimate of drug-likeness (QED) is 0.695. The molecule has 5 nitrogen and oxygen atoms in total. The molecule has 3 aromatic rings. The second kappa shape index (κ2) is 7.68. The van der Waals surface area contributed by atoms with Crippen molar-refractivity contribution in [1.82, 2.24) is 4.98 Å². The first kappa shape index (κ1) is 16.8. The van der Waals surface area contributed by atoms with Crippen LogP contribution in [-0.4, -0.2) is 18.0 Å². The molecule has 0 unspecified atom stereocenters. The Balaban J connectivity index is 1.85. The molecule has 0 fully saturated rings. The highest BCUT2D eigenvalue weighted by molar-refractivity contribution is 6.30. The molecule has 0 atom stereocenters. The predicted octanol–water partition coefficient (Wildman–Crippen LogP) is 4.74. The summed E-state index contributed by atoms with van der Waals surface area (Å²) in [5.74, 6) is 0.837. The average molecular weight is 354 g/mol. The van der Waals surface area contributed by atoms with Crippen molar-refractivity contribution in [3.05, 3.63) is 77.4 Å². The highest BCUT2D eigenvalue weighted by Crippen LogP contribution is 2.28. The van der Waals surface area contributed by atoms with Gasteiger partial charge in [0, 0.05) is 16.9 Å². The van der Waals surface area contributed by atoms with Crippen LogP contribution in [0.15, 0.2) is 66.9 Å². The van der Waals surface area contributed by atoms with Crippen molar-refractivity contribution < 1.29 is 9.53 Å². The zero-order valence-corrected chi connectivity index (χ0v) is 14.2. The summed E-state index contributed by atoms with van der Waals surface area (Å²) in [4.78, 5) is 16.9. The minimum atomic E-state index is -0.271. The Kier molecular flexibility index (Phi) is 5.16. The number of anilines is 3. The summed E-state index contributed by atoms with van der Waals surface area (Å²) in [6.45, 7) is 0. The van der Waals surface area contributed by atoms with E-state index in [4.69, 9.17) is 16.3 Å². The van der Waals surface area contributed by atoms with E-state index in [9.17, 15) is 4.79 Å². The fourth-order valence-electron chi connectivity index (χ4n) is 2.30. The number of halogens is 1. The number of carbonyl (C=O) groups excluding carboxylic acids is 1.